The zero-order valence-corrected chi connectivity index (χ0v) is 11.3. The molecule has 17 heavy (non-hydrogen) atoms. The molecule has 0 saturated carbocycles. The summed E-state index contributed by atoms with van der Waals surface area (Å²) in [6.45, 7) is 9.95. The van der Waals surface area contributed by atoms with Crippen molar-refractivity contribution in [2.24, 2.45) is 11.3 Å². The molecule has 0 aromatic rings. The van der Waals surface area contributed by atoms with Crippen LogP contribution >= 0.6 is 0 Å². The van der Waals surface area contributed by atoms with Crippen LogP contribution in [0.25, 0.3) is 0 Å². The summed E-state index contributed by atoms with van der Waals surface area (Å²) < 4.78 is 0. The molecule has 0 aliphatic heterocycles. The fraction of sp³-hybridized carbons (Fsp3) is 0.692. The molecule has 0 rings (SSSR count). The number of hydrogen-bond donors (Lipinski definition) is 2. The average Bonchev–Trinajstić information content (AvgIpc) is 2.09. The Kier molecular flexibility index (Phi) is 5.93. The van der Waals surface area contributed by atoms with Crippen molar-refractivity contribution in [3.63, 3.8) is 0 Å². The van der Waals surface area contributed by atoms with Gasteiger partial charge in [0.15, 0.2) is 0 Å². The minimum atomic E-state index is -1.11. The van der Waals surface area contributed by atoms with Crippen molar-refractivity contribution in [1.29, 1.82) is 0 Å². The number of carbonyl (C=O) groups is 2. The highest BCUT2D eigenvalue weighted by Crippen LogP contribution is 2.25. The third-order valence-corrected chi connectivity index (χ3v) is 2.29. The van der Waals surface area contributed by atoms with Crippen molar-refractivity contribution in [2.75, 3.05) is 0 Å². The first-order valence-electron chi connectivity index (χ1n) is 5.85. The Labute approximate surface area is 103 Å². The van der Waals surface area contributed by atoms with Crippen LogP contribution < -0.4 is 5.32 Å². The quantitative estimate of drug-likeness (QED) is 0.727. The van der Waals surface area contributed by atoms with Gasteiger partial charge in [0.2, 0.25) is 5.91 Å². The lowest BCUT2D eigenvalue weighted by molar-refractivity contribution is -0.134. The lowest BCUT2D eigenvalue weighted by atomic mass is 9.84. The highest BCUT2D eigenvalue weighted by atomic mass is 16.4. The van der Waals surface area contributed by atoms with Gasteiger partial charge in [-0.3, -0.25) is 4.79 Å². The fourth-order valence-electron chi connectivity index (χ4n) is 1.88. The zero-order valence-electron chi connectivity index (χ0n) is 11.3. The van der Waals surface area contributed by atoms with Crippen molar-refractivity contribution in [2.45, 2.75) is 47.5 Å². The van der Waals surface area contributed by atoms with E-state index in [9.17, 15) is 9.59 Å². The van der Waals surface area contributed by atoms with Crippen molar-refractivity contribution < 1.29 is 14.7 Å². The number of amides is 1. The van der Waals surface area contributed by atoms with Crippen molar-refractivity contribution >= 4 is 11.9 Å². The first kappa shape index (κ1) is 15.7. The fourth-order valence-corrected chi connectivity index (χ4v) is 1.88. The molecule has 0 unspecified atom stereocenters. The van der Waals surface area contributed by atoms with Crippen LogP contribution in [0.5, 0.6) is 0 Å². The van der Waals surface area contributed by atoms with Crippen molar-refractivity contribution in [1.82, 2.24) is 5.32 Å². The Hall–Kier alpha value is -1.32. The summed E-state index contributed by atoms with van der Waals surface area (Å²) in [5, 5.41) is 11.2. The molecule has 0 fully saturated rings. The highest BCUT2D eigenvalue weighted by molar-refractivity contribution is 5.92. The molecule has 0 saturated heterocycles. The molecule has 0 aromatic carbocycles. The van der Waals surface area contributed by atoms with Crippen LogP contribution in [-0.2, 0) is 9.59 Å². The molecule has 4 heteroatoms. The molecule has 2 N–H and O–H groups in total. The molecule has 98 valence electrons. The summed E-state index contributed by atoms with van der Waals surface area (Å²) in [5.41, 5.74) is 0.119. The third-order valence-electron chi connectivity index (χ3n) is 2.29. The van der Waals surface area contributed by atoms with E-state index >= 15 is 0 Å². The molecule has 4 nitrogen and oxygen atoms in total. The Balaban J connectivity index is 4.23. The molecular formula is C13H23NO3. The molecule has 1 amide bonds. The van der Waals surface area contributed by atoms with Gasteiger partial charge in [-0.25, -0.2) is 4.79 Å². The summed E-state index contributed by atoms with van der Waals surface area (Å²) in [4.78, 5) is 22.3. The molecule has 0 aliphatic rings. The molecule has 0 heterocycles. The summed E-state index contributed by atoms with van der Waals surface area (Å²) >= 11 is 0. The summed E-state index contributed by atoms with van der Waals surface area (Å²) in [5.74, 6) is -1.11. The second-order valence-corrected chi connectivity index (χ2v) is 5.63. The Morgan fingerprint density at radius 3 is 2.24 bits per heavy atom. The number of rotatable bonds is 5. The minimum Gasteiger partial charge on any atom is -0.477 e. The largest absolute Gasteiger partial charge is 0.477 e. The van der Waals surface area contributed by atoms with E-state index in [2.05, 4.69) is 26.1 Å². The second kappa shape index (κ2) is 6.42. The van der Waals surface area contributed by atoms with Gasteiger partial charge in [-0.15, -0.1) is 0 Å². The zero-order chi connectivity index (χ0) is 13.6. The van der Waals surface area contributed by atoms with Crippen molar-refractivity contribution in [3.8, 4) is 0 Å². The Morgan fingerprint density at radius 1 is 1.35 bits per heavy atom. The van der Waals surface area contributed by atoms with Crippen LogP contribution in [0.15, 0.2) is 11.8 Å². The lowest BCUT2D eigenvalue weighted by Crippen LogP contribution is -2.29. The molecule has 0 aliphatic carbocycles. The molecule has 0 spiro atoms. The molecular weight excluding hydrogens is 218 g/mol. The van der Waals surface area contributed by atoms with Gasteiger partial charge in [0, 0.05) is 6.42 Å². The normalized spacial score (nSPS) is 14.3. The Morgan fingerprint density at radius 2 is 1.88 bits per heavy atom. The molecule has 0 radical (unpaired) electrons. The molecule has 0 aromatic heterocycles. The van der Waals surface area contributed by atoms with Gasteiger partial charge in [-0.2, -0.15) is 0 Å². The van der Waals surface area contributed by atoms with E-state index in [0.29, 0.717) is 6.42 Å². The molecule has 1 atom stereocenters. The summed E-state index contributed by atoms with van der Waals surface area (Å²) in [7, 11) is 0. The van der Waals surface area contributed by atoms with E-state index in [0.717, 1.165) is 6.42 Å². The Bertz CT molecular complexity index is 313. The predicted octanol–water partition coefficient (Wildman–Crippen LogP) is 2.55. The van der Waals surface area contributed by atoms with Crippen LogP contribution in [0.4, 0.5) is 0 Å². The number of carboxylic acids is 1. The standard InChI is InChI=1S/C13H23NO3/c1-6-10(12(16)17)14-11(15)7-9(2)8-13(3,4)5/h6,9H,7-8H2,1-5H3,(H,14,15)(H,16,17)/b10-6-/t9-/m1/s1. The van der Waals surface area contributed by atoms with Crippen LogP contribution in [0.3, 0.4) is 0 Å². The highest BCUT2D eigenvalue weighted by Gasteiger charge is 2.18. The third kappa shape index (κ3) is 7.55. The summed E-state index contributed by atoms with van der Waals surface area (Å²) in [6, 6.07) is 0. The van der Waals surface area contributed by atoms with E-state index in [4.69, 9.17) is 5.11 Å². The molecule has 0 bridgehead atoms. The average molecular weight is 241 g/mol. The second-order valence-electron chi connectivity index (χ2n) is 5.63. The SMILES string of the molecule is C/C=C(\NC(=O)C[C@@H](C)CC(C)(C)C)C(=O)O. The maximum atomic E-state index is 11.6. The van der Waals surface area contributed by atoms with Gasteiger partial charge in [-0.05, 0) is 24.7 Å². The number of carbonyl (C=O) groups excluding carboxylic acids is 1. The van der Waals surface area contributed by atoms with Crippen LogP contribution in [0, 0.1) is 11.3 Å². The van der Waals surface area contributed by atoms with E-state index in [1.54, 1.807) is 6.92 Å². The van der Waals surface area contributed by atoms with Crippen LogP contribution in [0.2, 0.25) is 0 Å². The maximum Gasteiger partial charge on any atom is 0.352 e. The van der Waals surface area contributed by atoms with E-state index in [1.807, 2.05) is 6.92 Å². The monoisotopic (exact) mass is 241 g/mol. The van der Waals surface area contributed by atoms with Gasteiger partial charge in [0.1, 0.15) is 5.70 Å². The van der Waals surface area contributed by atoms with E-state index < -0.39 is 5.97 Å². The first-order valence-corrected chi connectivity index (χ1v) is 5.85. The van der Waals surface area contributed by atoms with Crippen molar-refractivity contribution in [3.05, 3.63) is 11.8 Å². The predicted molar refractivity (Wildman–Crippen MR) is 67.4 cm³/mol. The van der Waals surface area contributed by atoms with Crippen LogP contribution in [0.1, 0.15) is 47.5 Å². The van der Waals surface area contributed by atoms with Crippen LogP contribution in [-0.4, -0.2) is 17.0 Å². The maximum absolute atomic E-state index is 11.6. The smallest absolute Gasteiger partial charge is 0.352 e. The lowest BCUT2D eigenvalue weighted by Gasteiger charge is -2.22. The number of aliphatic carboxylic acids is 1. The van der Waals surface area contributed by atoms with Gasteiger partial charge in [0.25, 0.3) is 0 Å². The van der Waals surface area contributed by atoms with Gasteiger partial charge in [0.05, 0.1) is 0 Å². The number of hydrogen-bond acceptors (Lipinski definition) is 2. The van der Waals surface area contributed by atoms with E-state index in [-0.39, 0.29) is 22.9 Å². The van der Waals surface area contributed by atoms with Gasteiger partial charge < -0.3 is 10.4 Å². The summed E-state index contributed by atoms with van der Waals surface area (Å²) in [6.07, 6.45) is 2.66. The van der Waals surface area contributed by atoms with Gasteiger partial charge in [-0.1, -0.05) is 33.8 Å². The first-order chi connectivity index (χ1) is 7.65. The van der Waals surface area contributed by atoms with E-state index in [1.165, 1.54) is 6.08 Å². The number of allylic oxidation sites excluding steroid dienone is 1. The van der Waals surface area contributed by atoms with Gasteiger partial charge >= 0.3 is 5.97 Å². The number of carboxylic acid groups (broad SMARTS) is 1. The minimum absolute atomic E-state index is 0.0574. The topological polar surface area (TPSA) is 66.4 Å². The number of nitrogens with one attached hydrogen (secondary N) is 1.